The molecule has 0 aromatic heterocycles. The summed E-state index contributed by atoms with van der Waals surface area (Å²) in [6, 6.07) is 5.75. The van der Waals surface area contributed by atoms with Gasteiger partial charge in [-0.1, -0.05) is 12.1 Å². The quantitative estimate of drug-likeness (QED) is 0.778. The van der Waals surface area contributed by atoms with E-state index >= 15 is 0 Å². The van der Waals surface area contributed by atoms with Crippen LogP contribution in [0.4, 0.5) is 8.78 Å². The Morgan fingerprint density at radius 3 is 2.70 bits per heavy atom. The predicted molar refractivity (Wildman–Crippen MR) is 91.6 cm³/mol. The highest BCUT2D eigenvalue weighted by Crippen LogP contribution is 2.25. The summed E-state index contributed by atoms with van der Waals surface area (Å²) in [6.45, 7) is -2.40. The van der Waals surface area contributed by atoms with Gasteiger partial charge in [-0.25, -0.2) is 0 Å². The summed E-state index contributed by atoms with van der Waals surface area (Å²) in [5, 5.41) is 8.73. The Bertz CT molecular complexity index is 698. The highest BCUT2D eigenvalue weighted by molar-refractivity contribution is 5.97. The van der Waals surface area contributed by atoms with Gasteiger partial charge in [0.15, 0.2) is 0 Å². The molecule has 1 fully saturated rings. The molecule has 0 bridgehead atoms. The minimum absolute atomic E-state index is 0.0186. The Hall–Kier alpha value is -2.71. The van der Waals surface area contributed by atoms with Crippen molar-refractivity contribution >= 4 is 17.8 Å². The fourth-order valence-corrected chi connectivity index (χ4v) is 3.06. The summed E-state index contributed by atoms with van der Waals surface area (Å²) < 4.78 is 29.5. The average molecular weight is 384 g/mol. The minimum Gasteiger partial charge on any atom is -0.481 e. The van der Waals surface area contributed by atoms with Crippen molar-refractivity contribution in [3.05, 3.63) is 29.8 Å². The molecule has 27 heavy (non-hydrogen) atoms. The van der Waals surface area contributed by atoms with Crippen LogP contribution in [-0.4, -0.2) is 66.0 Å². The molecular formula is C18H22F2N2O5. The number of para-hydroxylation sites is 1. The van der Waals surface area contributed by atoms with E-state index in [0.717, 1.165) is 0 Å². The Morgan fingerprint density at radius 2 is 2.04 bits per heavy atom. The van der Waals surface area contributed by atoms with Gasteiger partial charge in [-0.3, -0.25) is 14.4 Å². The molecule has 0 aliphatic carbocycles. The van der Waals surface area contributed by atoms with E-state index in [0.29, 0.717) is 19.4 Å². The lowest BCUT2D eigenvalue weighted by molar-refractivity contribution is -0.139. The van der Waals surface area contributed by atoms with Gasteiger partial charge in [0, 0.05) is 26.7 Å². The van der Waals surface area contributed by atoms with E-state index in [-0.39, 0.29) is 36.7 Å². The number of nitrogens with zero attached hydrogens (tertiary/aromatic N) is 2. The molecule has 1 aromatic rings. The number of carboxylic acid groups (broad SMARTS) is 1. The third kappa shape index (κ3) is 5.63. The molecule has 0 saturated carbocycles. The molecular weight excluding hydrogens is 362 g/mol. The van der Waals surface area contributed by atoms with Crippen molar-refractivity contribution in [3.63, 3.8) is 0 Å². The summed E-state index contributed by atoms with van der Waals surface area (Å²) >= 11 is 0. The van der Waals surface area contributed by atoms with Gasteiger partial charge in [0.2, 0.25) is 5.91 Å². The largest absolute Gasteiger partial charge is 0.481 e. The van der Waals surface area contributed by atoms with Gasteiger partial charge >= 0.3 is 12.6 Å². The van der Waals surface area contributed by atoms with E-state index in [2.05, 4.69) is 4.74 Å². The maximum atomic E-state index is 12.8. The third-order valence-corrected chi connectivity index (χ3v) is 4.43. The van der Waals surface area contributed by atoms with Crippen molar-refractivity contribution in [2.24, 2.45) is 5.92 Å². The van der Waals surface area contributed by atoms with Crippen molar-refractivity contribution in [2.45, 2.75) is 25.9 Å². The second kappa shape index (κ2) is 9.29. The molecule has 2 amide bonds. The van der Waals surface area contributed by atoms with E-state index in [1.807, 2.05) is 0 Å². The van der Waals surface area contributed by atoms with Crippen LogP contribution in [0.15, 0.2) is 24.3 Å². The van der Waals surface area contributed by atoms with E-state index in [1.165, 1.54) is 35.0 Å². The van der Waals surface area contributed by atoms with Gasteiger partial charge in [0.25, 0.3) is 5.91 Å². The average Bonchev–Trinajstić information content (AvgIpc) is 2.65. The van der Waals surface area contributed by atoms with Crippen molar-refractivity contribution in [1.82, 2.24) is 9.80 Å². The SMILES string of the molecule is CN(CCC(=O)O)C(=O)C1CCCN(C(=O)c2ccccc2OC(F)F)C1. The molecule has 1 aliphatic heterocycles. The number of hydrogen-bond donors (Lipinski definition) is 1. The van der Waals surface area contributed by atoms with Crippen LogP contribution < -0.4 is 4.74 Å². The summed E-state index contributed by atoms with van der Waals surface area (Å²) in [6.07, 6.45) is 1.01. The number of hydrogen-bond acceptors (Lipinski definition) is 4. The fraction of sp³-hybridized carbons (Fsp3) is 0.500. The minimum atomic E-state index is -3.04. The first-order valence-electron chi connectivity index (χ1n) is 8.59. The number of benzene rings is 1. The number of halogens is 2. The van der Waals surface area contributed by atoms with Gasteiger partial charge < -0.3 is 19.6 Å². The zero-order valence-corrected chi connectivity index (χ0v) is 14.9. The van der Waals surface area contributed by atoms with E-state index in [4.69, 9.17) is 5.11 Å². The number of carbonyl (C=O) groups is 3. The standard InChI is InChI=1S/C18H22F2N2O5/c1-21(10-8-15(23)24)16(25)12-5-4-9-22(11-12)17(26)13-6-2-3-7-14(13)27-18(19)20/h2-3,6-7,12,18H,4-5,8-11H2,1H3,(H,23,24). The van der Waals surface area contributed by atoms with Gasteiger partial charge in [0.1, 0.15) is 5.75 Å². The number of likely N-dealkylation sites (tertiary alicyclic amines) is 1. The maximum absolute atomic E-state index is 12.8. The second-order valence-corrected chi connectivity index (χ2v) is 6.37. The first kappa shape index (κ1) is 20.6. The highest BCUT2D eigenvalue weighted by Gasteiger charge is 2.31. The molecule has 7 nitrogen and oxygen atoms in total. The van der Waals surface area contributed by atoms with Crippen LogP contribution in [0, 0.1) is 5.92 Å². The molecule has 1 saturated heterocycles. The molecule has 1 heterocycles. The molecule has 9 heteroatoms. The van der Waals surface area contributed by atoms with Crippen LogP contribution in [0.2, 0.25) is 0 Å². The molecule has 1 N–H and O–H groups in total. The molecule has 0 spiro atoms. The smallest absolute Gasteiger partial charge is 0.387 e. The van der Waals surface area contributed by atoms with Crippen molar-refractivity contribution in [3.8, 4) is 5.75 Å². The van der Waals surface area contributed by atoms with Crippen LogP contribution in [0.3, 0.4) is 0 Å². The van der Waals surface area contributed by atoms with Gasteiger partial charge in [-0.15, -0.1) is 0 Å². The zero-order chi connectivity index (χ0) is 20.0. The first-order chi connectivity index (χ1) is 12.8. The predicted octanol–water partition coefficient (Wildman–Crippen LogP) is 2.07. The van der Waals surface area contributed by atoms with Gasteiger partial charge in [-0.2, -0.15) is 8.78 Å². The Balaban J connectivity index is 2.06. The molecule has 0 radical (unpaired) electrons. The fourth-order valence-electron chi connectivity index (χ4n) is 3.06. The second-order valence-electron chi connectivity index (χ2n) is 6.37. The number of alkyl halides is 2. The van der Waals surface area contributed by atoms with Crippen LogP contribution in [0.5, 0.6) is 5.75 Å². The van der Waals surface area contributed by atoms with E-state index in [1.54, 1.807) is 6.07 Å². The monoisotopic (exact) mass is 384 g/mol. The molecule has 1 aromatic carbocycles. The molecule has 1 atom stereocenters. The highest BCUT2D eigenvalue weighted by atomic mass is 19.3. The number of amides is 2. The number of rotatable bonds is 7. The lowest BCUT2D eigenvalue weighted by Gasteiger charge is -2.34. The zero-order valence-electron chi connectivity index (χ0n) is 14.9. The van der Waals surface area contributed by atoms with Crippen molar-refractivity contribution in [1.29, 1.82) is 0 Å². The summed E-state index contributed by atoms with van der Waals surface area (Å²) in [4.78, 5) is 38.7. The number of piperidine rings is 1. The first-order valence-corrected chi connectivity index (χ1v) is 8.59. The Kier molecular flexibility index (Phi) is 7.09. The normalized spacial score (nSPS) is 16.9. The van der Waals surface area contributed by atoms with Gasteiger partial charge in [0.05, 0.1) is 17.9 Å². The number of carboxylic acids is 1. The van der Waals surface area contributed by atoms with E-state index in [9.17, 15) is 23.2 Å². The number of aliphatic carboxylic acids is 1. The number of ether oxygens (including phenoxy) is 1. The third-order valence-electron chi connectivity index (χ3n) is 4.43. The van der Waals surface area contributed by atoms with Crippen molar-refractivity contribution < 1.29 is 33.0 Å². The summed E-state index contributed by atoms with van der Waals surface area (Å²) in [7, 11) is 1.53. The van der Waals surface area contributed by atoms with E-state index < -0.39 is 24.4 Å². The van der Waals surface area contributed by atoms with Gasteiger partial charge in [-0.05, 0) is 25.0 Å². The lowest BCUT2D eigenvalue weighted by atomic mass is 9.95. The molecule has 148 valence electrons. The Morgan fingerprint density at radius 1 is 1.33 bits per heavy atom. The van der Waals surface area contributed by atoms with Crippen LogP contribution in [-0.2, 0) is 9.59 Å². The summed E-state index contributed by atoms with van der Waals surface area (Å²) in [5.74, 6) is -2.36. The topological polar surface area (TPSA) is 87.2 Å². The maximum Gasteiger partial charge on any atom is 0.387 e. The van der Waals surface area contributed by atoms with Crippen LogP contribution in [0.1, 0.15) is 29.6 Å². The molecule has 1 aliphatic rings. The van der Waals surface area contributed by atoms with Crippen LogP contribution >= 0.6 is 0 Å². The number of carbonyl (C=O) groups excluding carboxylic acids is 2. The molecule has 1 unspecified atom stereocenters. The lowest BCUT2D eigenvalue weighted by Crippen LogP contribution is -2.46. The summed E-state index contributed by atoms with van der Waals surface area (Å²) in [5.41, 5.74) is 0.0186. The van der Waals surface area contributed by atoms with Crippen molar-refractivity contribution in [2.75, 3.05) is 26.7 Å². The Labute approximate surface area is 155 Å². The van der Waals surface area contributed by atoms with Crippen LogP contribution in [0.25, 0.3) is 0 Å². The molecule has 2 rings (SSSR count).